The summed E-state index contributed by atoms with van der Waals surface area (Å²) in [7, 11) is 1.52. The van der Waals surface area contributed by atoms with Crippen molar-refractivity contribution in [1.82, 2.24) is 4.90 Å². The number of carbonyl (C=O) groups excluding carboxylic acids is 1. The number of ether oxygens (including phenoxy) is 2. The lowest BCUT2D eigenvalue weighted by Gasteiger charge is -2.44. The molecule has 0 spiro atoms. The fourth-order valence-corrected chi connectivity index (χ4v) is 3.13. The molecule has 0 aromatic heterocycles. The van der Waals surface area contributed by atoms with Gasteiger partial charge in [-0.1, -0.05) is 6.42 Å². The van der Waals surface area contributed by atoms with E-state index in [9.17, 15) is 4.79 Å². The van der Waals surface area contributed by atoms with Crippen LogP contribution in [0.15, 0.2) is 0 Å². The number of carbonyl (C=O) groups is 1. The van der Waals surface area contributed by atoms with E-state index in [0.29, 0.717) is 18.6 Å². The Hall–Kier alpha value is -0.610. The van der Waals surface area contributed by atoms with Gasteiger partial charge in [0.25, 0.3) is 0 Å². The van der Waals surface area contributed by atoms with Crippen molar-refractivity contribution in [3.8, 4) is 0 Å². The average Bonchev–Trinajstić information content (AvgIpc) is 2.36. The maximum atomic E-state index is 11.3. The second kappa shape index (κ2) is 6.36. The summed E-state index contributed by atoms with van der Waals surface area (Å²) in [6.45, 7) is 3.10. The first kappa shape index (κ1) is 12.8. The molecule has 0 unspecified atom stereocenters. The molecule has 0 N–H and O–H groups in total. The molecule has 0 aromatic rings. The third-order valence-corrected chi connectivity index (χ3v) is 3.95. The molecule has 0 bridgehead atoms. The number of nitrogens with zero attached hydrogens (tertiary/aromatic N) is 1. The van der Waals surface area contributed by atoms with E-state index >= 15 is 0 Å². The third kappa shape index (κ3) is 3.42. The predicted molar refractivity (Wildman–Crippen MR) is 64.8 cm³/mol. The molecule has 0 radical (unpaired) electrons. The quantitative estimate of drug-likeness (QED) is 0.698. The lowest BCUT2D eigenvalue weighted by molar-refractivity contribution is -0.150. The van der Waals surface area contributed by atoms with Crippen molar-refractivity contribution >= 4 is 5.97 Å². The molecule has 4 heteroatoms. The summed E-state index contributed by atoms with van der Waals surface area (Å²) >= 11 is 0. The topological polar surface area (TPSA) is 38.8 Å². The highest BCUT2D eigenvalue weighted by Crippen LogP contribution is 2.30. The largest absolute Gasteiger partial charge is 0.464 e. The first-order valence-electron chi connectivity index (χ1n) is 6.70. The number of methoxy groups -OCH3 is 1. The number of fused-ring (bicyclic) bond motifs is 1. The van der Waals surface area contributed by atoms with E-state index in [2.05, 4.69) is 4.90 Å². The Morgan fingerprint density at radius 1 is 1.24 bits per heavy atom. The minimum Gasteiger partial charge on any atom is -0.464 e. The van der Waals surface area contributed by atoms with E-state index in [1.165, 1.54) is 52.3 Å². The van der Waals surface area contributed by atoms with Crippen LogP contribution in [0.3, 0.4) is 0 Å². The summed E-state index contributed by atoms with van der Waals surface area (Å²) in [5.41, 5.74) is 0. The van der Waals surface area contributed by atoms with Gasteiger partial charge in [0.2, 0.25) is 0 Å². The summed E-state index contributed by atoms with van der Waals surface area (Å²) in [5.74, 6) is 0.297. The lowest BCUT2D eigenvalue weighted by Crippen LogP contribution is -2.49. The highest BCUT2D eigenvalue weighted by molar-refractivity contribution is 5.70. The van der Waals surface area contributed by atoms with Gasteiger partial charge in [0.05, 0.1) is 6.61 Å². The van der Waals surface area contributed by atoms with Crippen molar-refractivity contribution in [2.75, 3.05) is 33.4 Å². The summed E-state index contributed by atoms with van der Waals surface area (Å²) in [6.07, 6.45) is 6.35. The molecule has 0 amide bonds. The Labute approximate surface area is 103 Å². The Morgan fingerprint density at radius 3 is 2.88 bits per heavy atom. The number of hydrogen-bond donors (Lipinski definition) is 0. The number of esters is 1. The molecular formula is C13H23NO3. The normalized spacial score (nSPS) is 29.7. The van der Waals surface area contributed by atoms with Gasteiger partial charge in [-0.15, -0.1) is 0 Å². The number of hydrogen-bond acceptors (Lipinski definition) is 4. The fraction of sp³-hybridized carbons (Fsp3) is 0.923. The maximum Gasteiger partial charge on any atom is 0.332 e. The van der Waals surface area contributed by atoms with E-state index in [4.69, 9.17) is 9.47 Å². The van der Waals surface area contributed by atoms with Gasteiger partial charge in [0.1, 0.15) is 6.61 Å². The number of rotatable bonds is 4. The Morgan fingerprint density at radius 2 is 2.06 bits per heavy atom. The van der Waals surface area contributed by atoms with E-state index in [1.54, 1.807) is 0 Å². The van der Waals surface area contributed by atoms with E-state index < -0.39 is 0 Å². The molecular weight excluding hydrogens is 218 g/mol. The van der Waals surface area contributed by atoms with Crippen LogP contribution in [-0.2, 0) is 14.3 Å². The summed E-state index contributed by atoms with van der Waals surface area (Å²) < 4.78 is 10.0. The zero-order valence-corrected chi connectivity index (χ0v) is 10.7. The van der Waals surface area contributed by atoms with Crippen LogP contribution in [0.1, 0.15) is 32.1 Å². The van der Waals surface area contributed by atoms with E-state index in [-0.39, 0.29) is 12.6 Å². The van der Waals surface area contributed by atoms with Gasteiger partial charge >= 0.3 is 5.97 Å². The van der Waals surface area contributed by atoms with Gasteiger partial charge in [-0.2, -0.15) is 0 Å². The van der Waals surface area contributed by atoms with Gasteiger partial charge in [-0.3, -0.25) is 4.90 Å². The summed E-state index contributed by atoms with van der Waals surface area (Å²) in [6, 6.07) is 0.646. The van der Waals surface area contributed by atoms with Crippen molar-refractivity contribution < 1.29 is 14.3 Å². The van der Waals surface area contributed by atoms with E-state index in [1.807, 2.05) is 0 Å². The van der Waals surface area contributed by atoms with Crippen LogP contribution in [0, 0.1) is 5.92 Å². The van der Waals surface area contributed by atoms with Crippen LogP contribution in [0.5, 0.6) is 0 Å². The molecule has 2 aliphatic rings. The van der Waals surface area contributed by atoms with Crippen LogP contribution < -0.4 is 0 Å². The Kier molecular flexibility index (Phi) is 4.80. The highest BCUT2D eigenvalue weighted by atomic mass is 16.6. The number of piperidine rings is 2. The second-order valence-corrected chi connectivity index (χ2v) is 5.12. The Bertz CT molecular complexity index is 255. The van der Waals surface area contributed by atoms with Gasteiger partial charge in [0.15, 0.2) is 0 Å². The zero-order chi connectivity index (χ0) is 12.1. The fourth-order valence-electron chi connectivity index (χ4n) is 3.13. The molecule has 2 fully saturated rings. The predicted octanol–water partition coefficient (Wildman–Crippen LogP) is 1.44. The monoisotopic (exact) mass is 241 g/mol. The minimum atomic E-state index is -0.236. The first-order valence-corrected chi connectivity index (χ1v) is 6.70. The van der Waals surface area contributed by atoms with Gasteiger partial charge < -0.3 is 9.47 Å². The van der Waals surface area contributed by atoms with Crippen molar-refractivity contribution in [1.29, 1.82) is 0 Å². The standard InChI is InChI=1S/C13H23NO3/c1-16-10-13(15)17-9-11-5-4-8-14-7-3-2-6-12(11)14/h11-12H,2-10H2,1H3/t11-,12-/m0/s1. The molecule has 2 heterocycles. The highest BCUT2D eigenvalue weighted by Gasteiger charge is 2.33. The molecule has 2 atom stereocenters. The molecule has 2 saturated heterocycles. The van der Waals surface area contributed by atoms with Crippen molar-refractivity contribution in [3.63, 3.8) is 0 Å². The first-order chi connectivity index (χ1) is 8.31. The van der Waals surface area contributed by atoms with Gasteiger partial charge in [-0.05, 0) is 38.8 Å². The van der Waals surface area contributed by atoms with Crippen LogP contribution in [0.25, 0.3) is 0 Å². The smallest absolute Gasteiger partial charge is 0.332 e. The van der Waals surface area contributed by atoms with Crippen molar-refractivity contribution in [3.05, 3.63) is 0 Å². The minimum absolute atomic E-state index is 0.0705. The van der Waals surface area contributed by atoms with Crippen LogP contribution in [0.4, 0.5) is 0 Å². The van der Waals surface area contributed by atoms with Gasteiger partial charge in [-0.25, -0.2) is 4.79 Å². The summed E-state index contributed by atoms with van der Waals surface area (Å²) in [5, 5.41) is 0. The molecule has 0 saturated carbocycles. The molecule has 0 aliphatic carbocycles. The third-order valence-electron chi connectivity index (χ3n) is 3.95. The van der Waals surface area contributed by atoms with Crippen molar-refractivity contribution in [2.45, 2.75) is 38.1 Å². The van der Waals surface area contributed by atoms with Crippen molar-refractivity contribution in [2.24, 2.45) is 5.92 Å². The molecule has 17 heavy (non-hydrogen) atoms. The molecule has 0 aromatic carbocycles. The van der Waals surface area contributed by atoms with Crippen LogP contribution in [-0.4, -0.2) is 50.3 Å². The van der Waals surface area contributed by atoms with Crippen LogP contribution in [0.2, 0.25) is 0 Å². The summed E-state index contributed by atoms with van der Waals surface area (Å²) in [4.78, 5) is 13.9. The average molecular weight is 241 g/mol. The SMILES string of the molecule is COCC(=O)OC[C@@H]1CCCN2CCCC[C@@H]12. The maximum absolute atomic E-state index is 11.3. The van der Waals surface area contributed by atoms with E-state index in [0.717, 1.165) is 0 Å². The molecule has 4 nitrogen and oxygen atoms in total. The molecule has 2 aliphatic heterocycles. The van der Waals surface area contributed by atoms with Gasteiger partial charge in [0, 0.05) is 19.1 Å². The Balaban J connectivity index is 1.80. The van der Waals surface area contributed by atoms with Crippen LogP contribution >= 0.6 is 0 Å². The zero-order valence-electron chi connectivity index (χ0n) is 10.7. The lowest BCUT2D eigenvalue weighted by atomic mass is 9.84. The second-order valence-electron chi connectivity index (χ2n) is 5.12. The molecule has 2 rings (SSSR count). The molecule has 98 valence electrons.